The van der Waals surface area contributed by atoms with Crippen LogP contribution in [0.3, 0.4) is 0 Å². The number of sulfonamides is 1. The number of hydrogen-bond acceptors (Lipinski definition) is 5. The van der Waals surface area contributed by atoms with Crippen molar-refractivity contribution in [2.75, 3.05) is 0 Å². The normalized spacial score (nSPS) is 11.4. The quantitative estimate of drug-likeness (QED) is 0.825. The van der Waals surface area contributed by atoms with Crippen molar-refractivity contribution in [1.82, 2.24) is 9.97 Å². The molecule has 0 saturated carbocycles. The summed E-state index contributed by atoms with van der Waals surface area (Å²) in [4.78, 5) is 8.16. The molecule has 2 aromatic rings. The van der Waals surface area contributed by atoms with Crippen molar-refractivity contribution in [1.29, 1.82) is 0 Å². The first-order chi connectivity index (χ1) is 8.50. The third kappa shape index (κ3) is 2.70. The molecule has 4 N–H and O–H groups in total. The van der Waals surface area contributed by atoms with Gasteiger partial charge in [0.05, 0.1) is 11.4 Å². The summed E-state index contributed by atoms with van der Waals surface area (Å²) in [6.07, 6.45) is 2.86. The Morgan fingerprint density at radius 3 is 2.28 bits per heavy atom. The smallest absolute Gasteiger partial charge is 0.239 e. The second-order valence-corrected chi connectivity index (χ2v) is 5.23. The van der Waals surface area contributed by atoms with Gasteiger partial charge >= 0.3 is 0 Å². The zero-order valence-corrected chi connectivity index (χ0v) is 10.3. The molecule has 0 aromatic carbocycles. The van der Waals surface area contributed by atoms with Gasteiger partial charge in [0, 0.05) is 24.5 Å². The summed E-state index contributed by atoms with van der Waals surface area (Å²) >= 11 is 0. The van der Waals surface area contributed by atoms with Crippen molar-refractivity contribution in [3.8, 4) is 11.3 Å². The molecule has 6 nitrogen and oxygen atoms in total. The number of nitrogens with zero attached hydrogens (tertiary/aromatic N) is 2. The maximum atomic E-state index is 11.1. The first kappa shape index (κ1) is 12.6. The van der Waals surface area contributed by atoms with E-state index >= 15 is 0 Å². The highest BCUT2D eigenvalue weighted by atomic mass is 32.2. The average molecular weight is 264 g/mol. The molecular formula is C11H12N4O2S. The molecule has 0 bridgehead atoms. The first-order valence-corrected chi connectivity index (χ1v) is 6.69. The monoisotopic (exact) mass is 264 g/mol. The summed E-state index contributed by atoms with van der Waals surface area (Å²) < 4.78 is 22.2. The summed E-state index contributed by atoms with van der Waals surface area (Å²) in [5, 5.41) is 4.99. The van der Waals surface area contributed by atoms with Gasteiger partial charge in [0.15, 0.2) is 0 Å². The Morgan fingerprint density at radius 2 is 1.83 bits per heavy atom. The zero-order chi connectivity index (χ0) is 13.2. The largest absolute Gasteiger partial charge is 0.325 e. The molecule has 2 aromatic heterocycles. The van der Waals surface area contributed by atoms with Crippen LogP contribution in [0.5, 0.6) is 0 Å². The molecule has 0 unspecified atom stereocenters. The Balaban J connectivity index is 2.34. The number of primary sulfonamides is 1. The Kier molecular flexibility index (Phi) is 3.37. The molecule has 2 heterocycles. The molecule has 0 radical (unpaired) electrons. The minimum Gasteiger partial charge on any atom is -0.325 e. The number of pyridine rings is 2. The summed E-state index contributed by atoms with van der Waals surface area (Å²) in [6, 6.07) is 6.62. The number of aromatic nitrogens is 2. The van der Waals surface area contributed by atoms with Crippen LogP contribution < -0.4 is 10.9 Å². The van der Waals surface area contributed by atoms with E-state index in [1.807, 2.05) is 6.07 Å². The second kappa shape index (κ2) is 4.81. The van der Waals surface area contributed by atoms with E-state index in [4.69, 9.17) is 10.9 Å². The molecule has 0 aliphatic rings. The van der Waals surface area contributed by atoms with Crippen molar-refractivity contribution < 1.29 is 8.42 Å². The van der Waals surface area contributed by atoms with Crippen molar-refractivity contribution >= 4 is 10.0 Å². The topological polar surface area (TPSA) is 112 Å². The summed E-state index contributed by atoms with van der Waals surface area (Å²) in [5.41, 5.74) is 7.63. The maximum Gasteiger partial charge on any atom is 0.239 e. The van der Waals surface area contributed by atoms with Crippen LogP contribution >= 0.6 is 0 Å². The van der Waals surface area contributed by atoms with Gasteiger partial charge < -0.3 is 5.73 Å². The third-order valence-corrected chi connectivity index (χ3v) is 3.29. The summed E-state index contributed by atoms with van der Waals surface area (Å²) in [6.45, 7) is 0.373. The SMILES string of the molecule is NCc1ccc(-c2ccc(S(N)(=O)=O)cn2)cn1. The molecular weight excluding hydrogens is 252 g/mol. The van der Waals surface area contributed by atoms with Crippen LogP contribution in [-0.2, 0) is 16.6 Å². The van der Waals surface area contributed by atoms with Crippen molar-refractivity contribution in [3.05, 3.63) is 42.4 Å². The van der Waals surface area contributed by atoms with Crippen LogP contribution in [0.15, 0.2) is 41.6 Å². The van der Waals surface area contributed by atoms with Gasteiger partial charge in [-0.1, -0.05) is 0 Å². The van der Waals surface area contributed by atoms with E-state index in [0.29, 0.717) is 12.2 Å². The van der Waals surface area contributed by atoms with Crippen LogP contribution in [0.1, 0.15) is 5.69 Å². The zero-order valence-electron chi connectivity index (χ0n) is 9.45. The Hall–Kier alpha value is -1.83. The van der Waals surface area contributed by atoms with E-state index in [9.17, 15) is 8.42 Å². The summed E-state index contributed by atoms with van der Waals surface area (Å²) in [7, 11) is -3.71. The van der Waals surface area contributed by atoms with Crippen LogP contribution in [0.25, 0.3) is 11.3 Å². The lowest BCUT2D eigenvalue weighted by atomic mass is 10.2. The molecule has 0 fully saturated rings. The van der Waals surface area contributed by atoms with Crippen molar-refractivity contribution in [2.24, 2.45) is 10.9 Å². The second-order valence-electron chi connectivity index (χ2n) is 3.67. The minimum absolute atomic E-state index is 0.0159. The van der Waals surface area contributed by atoms with Gasteiger partial charge in [0.1, 0.15) is 4.90 Å². The Bertz CT molecular complexity index is 636. The van der Waals surface area contributed by atoms with Gasteiger partial charge in [-0.2, -0.15) is 0 Å². The standard InChI is InChI=1S/C11H12N4O2S/c12-5-9-2-1-8(6-14-9)11-4-3-10(7-15-11)18(13,16)17/h1-4,6-7H,5,12H2,(H2,13,16,17). The van der Waals surface area contributed by atoms with E-state index in [1.165, 1.54) is 12.3 Å². The molecule has 0 saturated heterocycles. The highest BCUT2D eigenvalue weighted by Gasteiger charge is 2.08. The first-order valence-electron chi connectivity index (χ1n) is 5.15. The van der Waals surface area contributed by atoms with Gasteiger partial charge in [0.2, 0.25) is 10.0 Å². The lowest BCUT2D eigenvalue weighted by molar-refractivity contribution is 0.597. The molecule has 94 valence electrons. The lowest BCUT2D eigenvalue weighted by Crippen LogP contribution is -2.12. The average Bonchev–Trinajstić information content (AvgIpc) is 2.38. The highest BCUT2D eigenvalue weighted by Crippen LogP contribution is 2.17. The van der Waals surface area contributed by atoms with E-state index in [1.54, 1.807) is 18.3 Å². The lowest BCUT2D eigenvalue weighted by Gasteiger charge is -2.03. The third-order valence-electron chi connectivity index (χ3n) is 2.39. The van der Waals surface area contributed by atoms with Crippen LogP contribution in [0.4, 0.5) is 0 Å². The fraction of sp³-hybridized carbons (Fsp3) is 0.0909. The summed E-state index contributed by atoms with van der Waals surface area (Å²) in [5.74, 6) is 0. The van der Waals surface area contributed by atoms with E-state index in [-0.39, 0.29) is 4.90 Å². The molecule has 18 heavy (non-hydrogen) atoms. The fourth-order valence-corrected chi connectivity index (χ4v) is 1.87. The van der Waals surface area contributed by atoms with Gasteiger partial charge in [-0.25, -0.2) is 13.6 Å². The molecule has 0 atom stereocenters. The van der Waals surface area contributed by atoms with Crippen molar-refractivity contribution in [3.63, 3.8) is 0 Å². The van der Waals surface area contributed by atoms with Crippen LogP contribution in [-0.4, -0.2) is 18.4 Å². The molecule has 0 amide bonds. The minimum atomic E-state index is -3.71. The van der Waals surface area contributed by atoms with Crippen LogP contribution in [0, 0.1) is 0 Å². The van der Waals surface area contributed by atoms with Gasteiger partial charge in [-0.05, 0) is 24.3 Å². The molecule has 0 spiro atoms. The fourth-order valence-electron chi connectivity index (χ4n) is 1.42. The predicted molar refractivity (Wildman–Crippen MR) is 66.7 cm³/mol. The molecule has 0 aliphatic heterocycles. The molecule has 7 heteroatoms. The number of hydrogen-bond donors (Lipinski definition) is 2. The number of nitrogens with two attached hydrogens (primary N) is 2. The van der Waals surface area contributed by atoms with Crippen LogP contribution in [0.2, 0.25) is 0 Å². The van der Waals surface area contributed by atoms with Gasteiger partial charge in [0.25, 0.3) is 0 Å². The van der Waals surface area contributed by atoms with Gasteiger partial charge in [-0.3, -0.25) is 9.97 Å². The van der Waals surface area contributed by atoms with E-state index in [2.05, 4.69) is 9.97 Å². The van der Waals surface area contributed by atoms with E-state index in [0.717, 1.165) is 11.3 Å². The maximum absolute atomic E-state index is 11.1. The molecule has 2 rings (SSSR count). The number of rotatable bonds is 3. The highest BCUT2D eigenvalue weighted by molar-refractivity contribution is 7.89. The Morgan fingerprint density at radius 1 is 1.06 bits per heavy atom. The van der Waals surface area contributed by atoms with E-state index < -0.39 is 10.0 Å². The van der Waals surface area contributed by atoms with Crippen molar-refractivity contribution in [2.45, 2.75) is 11.4 Å². The predicted octanol–water partition coefficient (Wildman–Crippen LogP) is 0.250. The van der Waals surface area contributed by atoms with Gasteiger partial charge in [-0.15, -0.1) is 0 Å². The molecule has 0 aliphatic carbocycles. The Labute approximate surface area is 105 Å².